The van der Waals surface area contributed by atoms with Crippen molar-refractivity contribution in [3.63, 3.8) is 0 Å². The second-order valence-corrected chi connectivity index (χ2v) is 9.21. The van der Waals surface area contributed by atoms with Crippen molar-refractivity contribution in [2.45, 2.75) is 31.7 Å². The lowest BCUT2D eigenvalue weighted by molar-refractivity contribution is -0.131. The molecule has 5 nitrogen and oxygen atoms in total. The van der Waals surface area contributed by atoms with Crippen molar-refractivity contribution in [3.8, 4) is 0 Å². The van der Waals surface area contributed by atoms with Gasteiger partial charge in [0.05, 0.1) is 18.0 Å². The van der Waals surface area contributed by atoms with Gasteiger partial charge in [0, 0.05) is 29.3 Å². The molecule has 0 radical (unpaired) electrons. The van der Waals surface area contributed by atoms with Crippen molar-refractivity contribution < 1.29 is 14.0 Å². The first kappa shape index (κ1) is 20.7. The molecule has 0 aliphatic carbocycles. The molecule has 0 unspecified atom stereocenters. The number of nitrogens with one attached hydrogen (secondary N) is 1. The van der Waals surface area contributed by atoms with Crippen LogP contribution in [0.2, 0.25) is 0 Å². The zero-order chi connectivity index (χ0) is 20.9. The molecule has 8 heteroatoms. The highest BCUT2D eigenvalue weighted by atomic mass is 32.1. The Labute approximate surface area is 182 Å². The number of aromatic nitrogens is 1. The summed E-state index contributed by atoms with van der Waals surface area (Å²) in [5.74, 6) is -0.121. The van der Waals surface area contributed by atoms with Gasteiger partial charge in [-0.05, 0) is 42.0 Å². The molecular weight excluding hydrogens is 421 g/mol. The highest BCUT2D eigenvalue weighted by molar-refractivity contribution is 7.10. The molecule has 2 amide bonds. The van der Waals surface area contributed by atoms with Crippen LogP contribution < -0.4 is 5.32 Å². The Morgan fingerprint density at radius 3 is 2.60 bits per heavy atom. The van der Waals surface area contributed by atoms with Crippen LogP contribution in [0.3, 0.4) is 0 Å². The second-order valence-electron chi connectivity index (χ2n) is 7.29. The molecule has 156 valence electrons. The lowest BCUT2D eigenvalue weighted by atomic mass is 9.97. The van der Waals surface area contributed by atoms with E-state index in [4.69, 9.17) is 0 Å². The summed E-state index contributed by atoms with van der Waals surface area (Å²) in [7, 11) is 0. The van der Waals surface area contributed by atoms with Crippen LogP contribution >= 0.6 is 22.7 Å². The first-order valence-electron chi connectivity index (χ1n) is 9.86. The van der Waals surface area contributed by atoms with Crippen molar-refractivity contribution >= 4 is 34.5 Å². The van der Waals surface area contributed by atoms with Gasteiger partial charge < -0.3 is 10.2 Å². The van der Waals surface area contributed by atoms with Gasteiger partial charge in [-0.1, -0.05) is 18.2 Å². The number of nitrogens with zero attached hydrogens (tertiary/aromatic N) is 2. The first-order valence-corrected chi connectivity index (χ1v) is 11.6. The van der Waals surface area contributed by atoms with E-state index in [1.54, 1.807) is 23.5 Å². The quantitative estimate of drug-likeness (QED) is 0.620. The van der Waals surface area contributed by atoms with Gasteiger partial charge >= 0.3 is 0 Å². The number of hydrogen-bond donors (Lipinski definition) is 1. The molecule has 4 rings (SSSR count). The Balaban J connectivity index is 1.27. The van der Waals surface area contributed by atoms with E-state index < -0.39 is 0 Å². The van der Waals surface area contributed by atoms with Gasteiger partial charge in [-0.25, -0.2) is 9.37 Å². The van der Waals surface area contributed by atoms with Crippen LogP contribution in [0.15, 0.2) is 47.2 Å². The Kier molecular flexibility index (Phi) is 6.54. The molecule has 0 bridgehead atoms. The fourth-order valence-electron chi connectivity index (χ4n) is 3.52. The number of likely N-dealkylation sites (tertiary alicyclic amines) is 1. The lowest BCUT2D eigenvalue weighted by Crippen LogP contribution is -2.38. The van der Waals surface area contributed by atoms with Crippen molar-refractivity contribution in [2.75, 3.05) is 13.1 Å². The van der Waals surface area contributed by atoms with Crippen LogP contribution in [0.25, 0.3) is 0 Å². The minimum absolute atomic E-state index is 0.0628. The topological polar surface area (TPSA) is 62.3 Å². The molecule has 30 heavy (non-hydrogen) atoms. The summed E-state index contributed by atoms with van der Waals surface area (Å²) in [6.07, 6.45) is 1.95. The predicted octanol–water partition coefficient (Wildman–Crippen LogP) is 4.22. The highest BCUT2D eigenvalue weighted by Crippen LogP contribution is 2.30. The number of thiophene rings is 1. The van der Waals surface area contributed by atoms with Gasteiger partial charge in [0.1, 0.15) is 11.5 Å². The van der Waals surface area contributed by atoms with Crippen LogP contribution in [-0.4, -0.2) is 34.8 Å². The maximum atomic E-state index is 13.0. The molecule has 1 aromatic carbocycles. The average molecular weight is 444 g/mol. The van der Waals surface area contributed by atoms with Crippen LogP contribution in [0.5, 0.6) is 0 Å². The van der Waals surface area contributed by atoms with Gasteiger partial charge in [-0.2, -0.15) is 0 Å². The fraction of sp³-hybridized carbons (Fsp3) is 0.318. The van der Waals surface area contributed by atoms with Crippen molar-refractivity contribution in [1.29, 1.82) is 0 Å². The lowest BCUT2D eigenvalue weighted by Gasteiger charge is -2.31. The Bertz CT molecular complexity index is 994. The third-order valence-electron chi connectivity index (χ3n) is 5.22. The Morgan fingerprint density at radius 2 is 1.90 bits per heavy atom. The minimum Gasteiger partial charge on any atom is -0.346 e. The van der Waals surface area contributed by atoms with Crippen LogP contribution in [0.4, 0.5) is 4.39 Å². The molecule has 1 aliphatic rings. The number of piperidine rings is 1. The molecule has 1 aliphatic heterocycles. The summed E-state index contributed by atoms with van der Waals surface area (Å²) in [6, 6.07) is 10.0. The smallest absolute Gasteiger partial charge is 0.271 e. The van der Waals surface area contributed by atoms with Crippen LogP contribution in [0, 0.1) is 5.82 Å². The standard InChI is InChI=1S/C22H22FN3O2S2/c23-17-5-3-15(4-6-17)12-20(27)26-9-7-16(8-10-26)22-25-19(14-30-22)21(28)24-13-18-2-1-11-29-18/h1-6,11,14,16H,7-10,12-13H2,(H,24,28). The van der Waals surface area contributed by atoms with Crippen LogP contribution in [0.1, 0.15) is 44.7 Å². The molecule has 1 saturated heterocycles. The van der Waals surface area contributed by atoms with Crippen molar-refractivity contribution in [2.24, 2.45) is 0 Å². The van der Waals surface area contributed by atoms with Gasteiger partial charge in [0.2, 0.25) is 5.91 Å². The molecule has 1 fully saturated rings. The fourth-order valence-corrected chi connectivity index (χ4v) is 5.13. The Morgan fingerprint density at radius 1 is 1.13 bits per heavy atom. The van der Waals surface area contributed by atoms with Crippen LogP contribution in [-0.2, 0) is 17.8 Å². The van der Waals surface area contributed by atoms with E-state index in [0.717, 1.165) is 28.3 Å². The van der Waals surface area contributed by atoms with E-state index in [1.165, 1.54) is 23.5 Å². The van der Waals surface area contributed by atoms with Crippen molar-refractivity contribution in [3.05, 3.63) is 74.1 Å². The van der Waals surface area contributed by atoms with Crippen molar-refractivity contribution in [1.82, 2.24) is 15.2 Å². The summed E-state index contributed by atoms with van der Waals surface area (Å²) in [5.41, 5.74) is 1.28. The monoisotopic (exact) mass is 443 g/mol. The minimum atomic E-state index is -0.296. The maximum Gasteiger partial charge on any atom is 0.271 e. The number of amides is 2. The normalized spacial score (nSPS) is 14.6. The third-order valence-corrected chi connectivity index (χ3v) is 7.11. The van der Waals surface area contributed by atoms with E-state index >= 15 is 0 Å². The Hall–Kier alpha value is -2.58. The summed E-state index contributed by atoms with van der Waals surface area (Å²) >= 11 is 3.12. The summed E-state index contributed by atoms with van der Waals surface area (Å²) < 4.78 is 13.0. The SMILES string of the molecule is O=C(NCc1cccs1)c1csc(C2CCN(C(=O)Cc3ccc(F)cc3)CC2)n1. The summed E-state index contributed by atoms with van der Waals surface area (Å²) in [6.45, 7) is 1.85. The van der Waals surface area contributed by atoms with E-state index in [-0.39, 0.29) is 30.0 Å². The van der Waals surface area contributed by atoms with E-state index in [9.17, 15) is 14.0 Å². The van der Waals surface area contributed by atoms with Gasteiger partial charge in [-0.3, -0.25) is 9.59 Å². The number of carbonyl (C=O) groups is 2. The van der Waals surface area contributed by atoms with Gasteiger partial charge in [0.15, 0.2) is 0 Å². The van der Waals surface area contributed by atoms with Gasteiger partial charge in [-0.15, -0.1) is 22.7 Å². The zero-order valence-electron chi connectivity index (χ0n) is 16.3. The first-order chi connectivity index (χ1) is 14.6. The number of carbonyl (C=O) groups excluding carboxylic acids is 2. The number of hydrogen-bond acceptors (Lipinski definition) is 5. The number of thiazole rings is 1. The predicted molar refractivity (Wildman–Crippen MR) is 116 cm³/mol. The molecule has 3 aromatic rings. The molecular formula is C22H22FN3O2S2. The molecule has 0 spiro atoms. The molecule has 1 N–H and O–H groups in total. The number of rotatable bonds is 6. The second kappa shape index (κ2) is 9.49. The summed E-state index contributed by atoms with van der Waals surface area (Å²) in [5, 5.41) is 7.66. The number of benzene rings is 1. The summed E-state index contributed by atoms with van der Waals surface area (Å²) in [4.78, 5) is 32.4. The molecule has 3 heterocycles. The van der Waals surface area contributed by atoms with Gasteiger partial charge in [0.25, 0.3) is 5.91 Å². The van der Waals surface area contributed by atoms with E-state index in [2.05, 4.69) is 10.3 Å². The highest BCUT2D eigenvalue weighted by Gasteiger charge is 2.26. The largest absolute Gasteiger partial charge is 0.346 e. The molecule has 2 aromatic heterocycles. The average Bonchev–Trinajstić information content (AvgIpc) is 3.46. The molecule has 0 saturated carbocycles. The third kappa shape index (κ3) is 5.12. The zero-order valence-corrected chi connectivity index (χ0v) is 18.0. The molecule has 0 atom stereocenters. The van der Waals surface area contributed by atoms with E-state index in [0.29, 0.717) is 25.3 Å². The number of halogens is 1. The van der Waals surface area contributed by atoms with E-state index in [1.807, 2.05) is 27.8 Å². The maximum absolute atomic E-state index is 13.0.